The minimum atomic E-state index is -0.967. The molecule has 8 nitrogen and oxygen atoms in total. The zero-order chi connectivity index (χ0) is 13.4. The van der Waals surface area contributed by atoms with Crippen molar-refractivity contribution < 1.29 is 9.90 Å². The summed E-state index contributed by atoms with van der Waals surface area (Å²) in [6, 6.07) is 3.49. The number of aromatic carboxylic acids is 1. The summed E-state index contributed by atoms with van der Waals surface area (Å²) in [5, 5.41) is 24.7. The van der Waals surface area contributed by atoms with Crippen LogP contribution in [0.4, 0.5) is 0 Å². The minimum Gasteiger partial charge on any atom is -0.477 e. The van der Waals surface area contributed by atoms with Crippen molar-refractivity contribution in [2.75, 3.05) is 0 Å². The van der Waals surface area contributed by atoms with E-state index in [-0.39, 0.29) is 4.88 Å². The molecule has 0 atom stereocenters. The number of aromatic nitrogens is 6. The largest absolute Gasteiger partial charge is 0.477 e. The quantitative estimate of drug-likeness (QED) is 0.766. The van der Waals surface area contributed by atoms with Crippen LogP contribution in [0.2, 0.25) is 0 Å². The van der Waals surface area contributed by atoms with Crippen LogP contribution in [-0.4, -0.2) is 41.3 Å². The molecule has 0 amide bonds. The summed E-state index contributed by atoms with van der Waals surface area (Å²) in [6.07, 6.45) is 0. The second-order valence-electron chi connectivity index (χ2n) is 3.50. The van der Waals surface area contributed by atoms with Crippen molar-refractivity contribution in [2.24, 2.45) is 0 Å². The Morgan fingerprint density at radius 1 is 1.47 bits per heavy atom. The van der Waals surface area contributed by atoms with Crippen molar-refractivity contribution >= 4 is 34.7 Å². The number of fused-ring (bicyclic) bond motifs is 1. The van der Waals surface area contributed by atoms with Crippen LogP contribution in [0.25, 0.3) is 5.65 Å². The van der Waals surface area contributed by atoms with Gasteiger partial charge in [-0.15, -0.1) is 14.8 Å². The summed E-state index contributed by atoms with van der Waals surface area (Å²) in [5.41, 5.74) is 1.05. The van der Waals surface area contributed by atoms with E-state index in [9.17, 15) is 4.79 Å². The van der Waals surface area contributed by atoms with Crippen molar-refractivity contribution in [3.63, 3.8) is 0 Å². The van der Waals surface area contributed by atoms with E-state index in [0.29, 0.717) is 20.7 Å². The van der Waals surface area contributed by atoms with Crippen LogP contribution >= 0.6 is 23.1 Å². The Bertz CT molecular complexity index is 767. The number of rotatable bonds is 3. The molecule has 0 radical (unpaired) electrons. The lowest BCUT2D eigenvalue weighted by Gasteiger charge is -1.95. The van der Waals surface area contributed by atoms with Crippen molar-refractivity contribution in [1.29, 1.82) is 0 Å². The van der Waals surface area contributed by atoms with E-state index in [1.807, 2.05) is 0 Å². The van der Waals surface area contributed by atoms with Gasteiger partial charge in [-0.3, -0.25) is 0 Å². The molecule has 0 bridgehead atoms. The van der Waals surface area contributed by atoms with Crippen molar-refractivity contribution in [3.8, 4) is 0 Å². The number of hydrogen-bond acceptors (Lipinski definition) is 8. The van der Waals surface area contributed by atoms with Gasteiger partial charge in [-0.2, -0.15) is 0 Å². The Kier molecular flexibility index (Phi) is 2.87. The fourth-order valence-corrected chi connectivity index (χ4v) is 3.32. The number of tetrazole rings is 1. The van der Waals surface area contributed by atoms with E-state index in [2.05, 4.69) is 25.6 Å². The van der Waals surface area contributed by atoms with Crippen LogP contribution in [0, 0.1) is 6.92 Å². The third-order valence-corrected chi connectivity index (χ3v) is 4.34. The second-order valence-corrected chi connectivity index (χ2v) is 5.77. The highest BCUT2D eigenvalue weighted by molar-refractivity contribution is 8.01. The maximum absolute atomic E-state index is 10.9. The molecule has 0 aliphatic heterocycles. The van der Waals surface area contributed by atoms with Crippen LogP contribution in [-0.2, 0) is 0 Å². The first-order chi connectivity index (χ1) is 9.13. The van der Waals surface area contributed by atoms with Gasteiger partial charge >= 0.3 is 5.97 Å². The molecule has 3 rings (SSSR count). The Balaban J connectivity index is 1.91. The van der Waals surface area contributed by atoms with Crippen molar-refractivity contribution in [3.05, 3.63) is 22.7 Å². The lowest BCUT2D eigenvalue weighted by molar-refractivity contribution is 0.0701. The Labute approximate surface area is 114 Å². The molecule has 19 heavy (non-hydrogen) atoms. The standard InChI is InChI=1S/C9H6N6O2S2/c1-4-7(8(16)17)19-9(10-4)18-6-3-2-5-11-13-14-15(5)12-6/h2-3H,1H3,(H,16,17). The highest BCUT2D eigenvalue weighted by Gasteiger charge is 2.15. The SMILES string of the molecule is Cc1nc(Sc2ccc3nnnn3n2)sc1C(=O)O. The smallest absolute Gasteiger partial charge is 0.347 e. The molecule has 1 N–H and O–H groups in total. The third kappa shape index (κ3) is 2.27. The summed E-state index contributed by atoms with van der Waals surface area (Å²) in [5.74, 6) is -0.967. The number of nitrogens with zero attached hydrogens (tertiary/aromatic N) is 6. The molecule has 0 aliphatic rings. The molecule has 0 aromatic carbocycles. The van der Waals surface area contributed by atoms with Crippen LogP contribution in [0.3, 0.4) is 0 Å². The molecule has 0 fully saturated rings. The van der Waals surface area contributed by atoms with E-state index in [4.69, 9.17) is 5.11 Å². The van der Waals surface area contributed by atoms with E-state index in [1.165, 1.54) is 16.4 Å². The molecule has 0 aliphatic carbocycles. The van der Waals surface area contributed by atoms with Crippen molar-refractivity contribution in [2.45, 2.75) is 16.3 Å². The van der Waals surface area contributed by atoms with Gasteiger partial charge in [-0.25, -0.2) is 9.78 Å². The topological polar surface area (TPSA) is 106 Å². The normalized spacial score (nSPS) is 11.0. The highest BCUT2D eigenvalue weighted by atomic mass is 32.2. The predicted molar refractivity (Wildman–Crippen MR) is 66.5 cm³/mol. The van der Waals surface area contributed by atoms with Crippen LogP contribution in [0.1, 0.15) is 15.4 Å². The van der Waals surface area contributed by atoms with E-state index < -0.39 is 5.97 Å². The third-order valence-electron chi connectivity index (χ3n) is 2.21. The average Bonchev–Trinajstić information content (AvgIpc) is 2.95. The zero-order valence-corrected chi connectivity index (χ0v) is 11.1. The number of carboxylic acids is 1. The van der Waals surface area contributed by atoms with Crippen LogP contribution in [0.15, 0.2) is 21.5 Å². The first-order valence-corrected chi connectivity index (χ1v) is 6.71. The number of hydrogen-bond donors (Lipinski definition) is 1. The molecule has 0 unspecified atom stereocenters. The zero-order valence-electron chi connectivity index (χ0n) is 9.51. The first-order valence-electron chi connectivity index (χ1n) is 5.07. The van der Waals surface area contributed by atoms with Gasteiger partial charge in [0.1, 0.15) is 9.90 Å². The lowest BCUT2D eigenvalue weighted by atomic mass is 10.4. The Hall–Kier alpha value is -2.07. The monoisotopic (exact) mass is 294 g/mol. The maximum Gasteiger partial charge on any atom is 0.347 e. The van der Waals surface area contributed by atoms with Gasteiger partial charge in [0.25, 0.3) is 0 Å². The van der Waals surface area contributed by atoms with Gasteiger partial charge in [-0.05, 0) is 41.2 Å². The Morgan fingerprint density at radius 2 is 2.32 bits per heavy atom. The van der Waals surface area contributed by atoms with Gasteiger partial charge in [-0.1, -0.05) is 11.3 Å². The summed E-state index contributed by atoms with van der Waals surface area (Å²) in [6.45, 7) is 1.67. The summed E-state index contributed by atoms with van der Waals surface area (Å²) >= 11 is 2.40. The molecular formula is C9H6N6O2S2. The lowest BCUT2D eigenvalue weighted by Crippen LogP contribution is -1.94. The highest BCUT2D eigenvalue weighted by Crippen LogP contribution is 2.31. The number of aryl methyl sites for hydroxylation is 1. The fourth-order valence-electron chi connectivity index (χ4n) is 1.39. The van der Waals surface area contributed by atoms with Gasteiger partial charge in [0.2, 0.25) is 0 Å². The molecule has 0 spiro atoms. The molecular weight excluding hydrogens is 288 g/mol. The van der Waals surface area contributed by atoms with Crippen LogP contribution in [0.5, 0.6) is 0 Å². The van der Waals surface area contributed by atoms with Crippen molar-refractivity contribution in [1.82, 2.24) is 30.2 Å². The first kappa shape index (κ1) is 12.0. The van der Waals surface area contributed by atoms with Crippen LogP contribution < -0.4 is 0 Å². The molecule has 3 aromatic heterocycles. The van der Waals surface area contributed by atoms with Gasteiger partial charge in [0.05, 0.1) is 5.69 Å². The van der Waals surface area contributed by atoms with E-state index in [1.54, 1.807) is 19.1 Å². The molecule has 3 heterocycles. The molecule has 0 saturated heterocycles. The number of carboxylic acid groups (broad SMARTS) is 1. The Morgan fingerprint density at radius 3 is 3.05 bits per heavy atom. The summed E-state index contributed by atoms with van der Waals surface area (Å²) in [4.78, 5) is 15.4. The van der Waals surface area contributed by atoms with E-state index >= 15 is 0 Å². The minimum absolute atomic E-state index is 0.242. The number of thiazole rings is 1. The van der Waals surface area contributed by atoms with E-state index in [0.717, 1.165) is 11.3 Å². The molecule has 10 heteroatoms. The number of carbonyl (C=O) groups is 1. The molecule has 0 saturated carbocycles. The molecule has 96 valence electrons. The summed E-state index contributed by atoms with van der Waals surface area (Å²) < 4.78 is 1.93. The fraction of sp³-hybridized carbons (Fsp3) is 0.111. The summed E-state index contributed by atoms with van der Waals surface area (Å²) in [7, 11) is 0. The molecule has 3 aromatic rings. The predicted octanol–water partition coefficient (Wildman–Crippen LogP) is 1.13. The van der Waals surface area contributed by atoms with Gasteiger partial charge < -0.3 is 5.11 Å². The van der Waals surface area contributed by atoms with Gasteiger partial charge in [0, 0.05) is 0 Å². The second kappa shape index (κ2) is 4.55. The average molecular weight is 294 g/mol. The van der Waals surface area contributed by atoms with Gasteiger partial charge in [0.15, 0.2) is 9.99 Å². The maximum atomic E-state index is 10.9.